The zero-order valence-electron chi connectivity index (χ0n) is 11.7. The van der Waals surface area contributed by atoms with Crippen LogP contribution in [0.5, 0.6) is 5.88 Å². The molecule has 0 saturated heterocycles. The Morgan fingerprint density at radius 3 is 2.77 bits per heavy atom. The first kappa shape index (κ1) is 13.7. The summed E-state index contributed by atoms with van der Waals surface area (Å²) >= 11 is 0. The third-order valence-corrected chi connectivity index (χ3v) is 2.95. The Morgan fingerprint density at radius 2 is 2.09 bits per heavy atom. The Bertz CT molecular complexity index is 815. The Kier molecular flexibility index (Phi) is 3.53. The second-order valence-electron chi connectivity index (χ2n) is 4.36. The second-order valence-corrected chi connectivity index (χ2v) is 4.36. The number of nitrogens with zero attached hydrogens (tertiary/aromatic N) is 3. The molecule has 22 heavy (non-hydrogen) atoms. The van der Waals surface area contributed by atoms with Crippen LogP contribution in [0, 0.1) is 0 Å². The van der Waals surface area contributed by atoms with Crippen LogP contribution in [0.4, 0.5) is 0 Å². The van der Waals surface area contributed by atoms with Crippen LogP contribution in [0.25, 0.3) is 22.9 Å². The van der Waals surface area contributed by atoms with Gasteiger partial charge in [-0.25, -0.2) is 9.97 Å². The highest BCUT2D eigenvalue weighted by atomic mass is 16.5. The van der Waals surface area contributed by atoms with E-state index in [0.717, 1.165) is 0 Å². The van der Waals surface area contributed by atoms with Crippen LogP contribution in [0.3, 0.4) is 0 Å². The van der Waals surface area contributed by atoms with Crippen molar-refractivity contribution in [1.29, 1.82) is 0 Å². The van der Waals surface area contributed by atoms with Gasteiger partial charge in [0.15, 0.2) is 11.5 Å². The summed E-state index contributed by atoms with van der Waals surface area (Å²) in [6.45, 7) is 0. The zero-order valence-corrected chi connectivity index (χ0v) is 11.7. The SMILES string of the molecule is COc1cc(-c2nc(C(N)=O)c(-c3ccccn3)o2)ccn1. The lowest BCUT2D eigenvalue weighted by atomic mass is 10.2. The van der Waals surface area contributed by atoms with E-state index < -0.39 is 5.91 Å². The summed E-state index contributed by atoms with van der Waals surface area (Å²) in [5, 5.41) is 0. The van der Waals surface area contributed by atoms with Crippen LogP contribution >= 0.6 is 0 Å². The Labute approximate surface area is 125 Å². The van der Waals surface area contributed by atoms with Crippen molar-refractivity contribution in [2.24, 2.45) is 5.73 Å². The largest absolute Gasteiger partial charge is 0.481 e. The Hall–Kier alpha value is -3.22. The molecule has 1 amide bonds. The maximum atomic E-state index is 11.6. The van der Waals surface area contributed by atoms with Crippen LogP contribution in [0.1, 0.15) is 10.5 Å². The minimum Gasteiger partial charge on any atom is -0.481 e. The van der Waals surface area contributed by atoms with E-state index >= 15 is 0 Å². The number of carbonyl (C=O) groups is 1. The molecule has 0 saturated carbocycles. The summed E-state index contributed by atoms with van der Waals surface area (Å²) in [6, 6.07) is 8.60. The summed E-state index contributed by atoms with van der Waals surface area (Å²) in [5.74, 6) is 0.210. The highest BCUT2D eigenvalue weighted by Crippen LogP contribution is 2.29. The predicted octanol–water partition coefficient (Wildman–Crippen LogP) is 1.91. The molecule has 0 unspecified atom stereocenters. The van der Waals surface area contributed by atoms with Crippen molar-refractivity contribution in [3.05, 3.63) is 48.4 Å². The zero-order chi connectivity index (χ0) is 15.5. The minimum atomic E-state index is -0.684. The number of nitrogens with two attached hydrogens (primary N) is 1. The second kappa shape index (κ2) is 5.65. The van der Waals surface area contributed by atoms with Gasteiger partial charge in [-0.3, -0.25) is 9.78 Å². The van der Waals surface area contributed by atoms with Crippen LogP contribution < -0.4 is 10.5 Å². The summed E-state index contributed by atoms with van der Waals surface area (Å²) < 4.78 is 10.8. The summed E-state index contributed by atoms with van der Waals surface area (Å²) in [5.41, 5.74) is 6.51. The lowest BCUT2D eigenvalue weighted by Crippen LogP contribution is -2.12. The smallest absolute Gasteiger partial charge is 0.271 e. The number of ether oxygens (including phenoxy) is 1. The van der Waals surface area contributed by atoms with Crippen LogP contribution in [0.15, 0.2) is 47.1 Å². The van der Waals surface area contributed by atoms with Crippen molar-refractivity contribution >= 4 is 5.91 Å². The van der Waals surface area contributed by atoms with Crippen LogP contribution in [-0.2, 0) is 0 Å². The highest BCUT2D eigenvalue weighted by Gasteiger charge is 2.21. The maximum Gasteiger partial charge on any atom is 0.271 e. The molecule has 0 aliphatic heterocycles. The number of hydrogen-bond donors (Lipinski definition) is 1. The van der Waals surface area contributed by atoms with E-state index in [4.69, 9.17) is 14.9 Å². The lowest BCUT2D eigenvalue weighted by molar-refractivity contribution is 0.0996. The molecule has 3 heterocycles. The van der Waals surface area contributed by atoms with Crippen molar-refractivity contribution in [1.82, 2.24) is 15.0 Å². The number of oxazole rings is 1. The molecule has 0 atom stereocenters. The maximum absolute atomic E-state index is 11.6. The summed E-state index contributed by atoms with van der Waals surface area (Å²) in [6.07, 6.45) is 3.15. The third kappa shape index (κ3) is 2.51. The fourth-order valence-electron chi connectivity index (χ4n) is 1.94. The molecule has 0 aliphatic carbocycles. The van der Waals surface area contributed by atoms with Gasteiger partial charge in [0, 0.05) is 24.0 Å². The van der Waals surface area contributed by atoms with Gasteiger partial charge in [0.05, 0.1) is 7.11 Å². The molecule has 2 N–H and O–H groups in total. The first-order valence-electron chi connectivity index (χ1n) is 6.41. The van der Waals surface area contributed by atoms with E-state index in [2.05, 4.69) is 15.0 Å². The summed E-state index contributed by atoms with van der Waals surface area (Å²) in [7, 11) is 1.51. The topological polar surface area (TPSA) is 104 Å². The van der Waals surface area contributed by atoms with Gasteiger partial charge in [-0.2, -0.15) is 0 Å². The number of amides is 1. The molecule has 0 bridgehead atoms. The van der Waals surface area contributed by atoms with Gasteiger partial charge in [0.1, 0.15) is 5.69 Å². The van der Waals surface area contributed by atoms with Crippen LogP contribution in [-0.4, -0.2) is 28.0 Å². The number of carbonyl (C=O) groups excluding carboxylic acids is 1. The fraction of sp³-hybridized carbons (Fsp3) is 0.0667. The number of methoxy groups -OCH3 is 1. The van der Waals surface area contributed by atoms with Gasteiger partial charge >= 0.3 is 0 Å². The lowest BCUT2D eigenvalue weighted by Gasteiger charge is -1.99. The van der Waals surface area contributed by atoms with E-state index in [1.807, 2.05) is 0 Å². The van der Waals surface area contributed by atoms with Crippen molar-refractivity contribution in [3.8, 4) is 28.8 Å². The van der Waals surface area contributed by atoms with Gasteiger partial charge in [-0.15, -0.1) is 0 Å². The molecular formula is C15H12N4O3. The van der Waals surface area contributed by atoms with E-state index in [0.29, 0.717) is 17.1 Å². The molecular weight excluding hydrogens is 284 g/mol. The monoisotopic (exact) mass is 296 g/mol. The quantitative estimate of drug-likeness (QED) is 0.788. The number of primary amides is 1. The molecule has 0 radical (unpaired) electrons. The van der Waals surface area contributed by atoms with Crippen LogP contribution in [0.2, 0.25) is 0 Å². The number of rotatable bonds is 4. The molecule has 0 aliphatic rings. The highest BCUT2D eigenvalue weighted by molar-refractivity contribution is 5.96. The van der Waals surface area contributed by atoms with E-state index in [9.17, 15) is 4.79 Å². The molecule has 3 aromatic rings. The number of hydrogen-bond acceptors (Lipinski definition) is 6. The number of aromatic nitrogens is 3. The van der Waals surface area contributed by atoms with Gasteiger partial charge in [-0.1, -0.05) is 6.07 Å². The van der Waals surface area contributed by atoms with E-state index in [1.54, 1.807) is 42.7 Å². The van der Waals surface area contributed by atoms with Crippen molar-refractivity contribution in [2.75, 3.05) is 7.11 Å². The van der Waals surface area contributed by atoms with Crippen molar-refractivity contribution < 1.29 is 13.9 Å². The number of pyridine rings is 2. The van der Waals surface area contributed by atoms with E-state index in [-0.39, 0.29) is 17.3 Å². The van der Waals surface area contributed by atoms with Gasteiger partial charge < -0.3 is 14.9 Å². The summed E-state index contributed by atoms with van der Waals surface area (Å²) in [4.78, 5) is 23.9. The van der Waals surface area contributed by atoms with Gasteiger partial charge in [-0.05, 0) is 18.2 Å². The Morgan fingerprint density at radius 1 is 1.23 bits per heavy atom. The molecule has 7 nitrogen and oxygen atoms in total. The molecule has 7 heteroatoms. The van der Waals surface area contributed by atoms with Crippen molar-refractivity contribution in [3.63, 3.8) is 0 Å². The normalized spacial score (nSPS) is 10.4. The average Bonchev–Trinajstić information content (AvgIpc) is 3.01. The van der Waals surface area contributed by atoms with E-state index in [1.165, 1.54) is 7.11 Å². The first-order chi connectivity index (χ1) is 10.7. The molecule has 0 fully saturated rings. The molecule has 3 aromatic heterocycles. The molecule has 110 valence electrons. The fourth-order valence-corrected chi connectivity index (χ4v) is 1.94. The van der Waals surface area contributed by atoms with Gasteiger partial charge in [0.25, 0.3) is 5.91 Å². The predicted molar refractivity (Wildman–Crippen MR) is 78.0 cm³/mol. The standard InChI is InChI=1S/C15H12N4O3/c1-21-11-8-9(5-7-18-11)15-19-12(14(16)20)13(22-15)10-4-2-3-6-17-10/h2-8H,1H3,(H2,16,20). The Balaban J connectivity index is 2.13. The molecule has 0 aromatic carbocycles. The molecule has 0 spiro atoms. The first-order valence-corrected chi connectivity index (χ1v) is 6.41. The van der Waals surface area contributed by atoms with Gasteiger partial charge in [0.2, 0.25) is 11.8 Å². The minimum absolute atomic E-state index is 0.0319. The third-order valence-electron chi connectivity index (χ3n) is 2.95. The van der Waals surface area contributed by atoms with Crippen molar-refractivity contribution in [2.45, 2.75) is 0 Å². The average molecular weight is 296 g/mol. The molecule has 3 rings (SSSR count).